The average Bonchev–Trinajstić information content (AvgIpc) is 3.36. The topological polar surface area (TPSA) is 111 Å². The maximum absolute atomic E-state index is 12.7. The Balaban J connectivity index is 1.50. The number of cyclic esters (lactones) is 1. The van der Waals surface area contributed by atoms with Crippen LogP contribution in [0.3, 0.4) is 0 Å². The Morgan fingerprint density at radius 1 is 1.28 bits per heavy atom. The number of aromatic nitrogens is 4. The Morgan fingerprint density at radius 2 is 2.16 bits per heavy atom. The highest BCUT2D eigenvalue weighted by Crippen LogP contribution is 2.22. The summed E-state index contributed by atoms with van der Waals surface area (Å²) >= 11 is 0. The SMILES string of the molecule is O=C(c1cccc(-n2cnnn2)c1)N1CCC(N2C(=O)COC2=O)C1. The summed E-state index contributed by atoms with van der Waals surface area (Å²) in [5, 5.41) is 10.9. The number of tetrazole rings is 1. The summed E-state index contributed by atoms with van der Waals surface area (Å²) in [4.78, 5) is 38.9. The molecule has 2 aromatic rings. The predicted molar refractivity (Wildman–Crippen MR) is 81.7 cm³/mol. The molecule has 128 valence electrons. The van der Waals surface area contributed by atoms with Gasteiger partial charge in [-0.25, -0.2) is 14.4 Å². The number of rotatable bonds is 3. The number of likely N-dealkylation sites (tertiary alicyclic amines) is 1. The molecule has 2 fully saturated rings. The van der Waals surface area contributed by atoms with Crippen LogP contribution < -0.4 is 0 Å². The molecular weight excluding hydrogens is 328 g/mol. The van der Waals surface area contributed by atoms with Gasteiger partial charge in [0, 0.05) is 18.7 Å². The van der Waals surface area contributed by atoms with Crippen LogP contribution in [0.15, 0.2) is 30.6 Å². The van der Waals surface area contributed by atoms with Gasteiger partial charge in [0.2, 0.25) is 0 Å². The molecule has 0 bridgehead atoms. The Bertz CT molecular complexity index is 820. The summed E-state index contributed by atoms with van der Waals surface area (Å²) in [7, 11) is 0. The minimum Gasteiger partial charge on any atom is -0.439 e. The lowest BCUT2D eigenvalue weighted by molar-refractivity contribution is -0.127. The summed E-state index contributed by atoms with van der Waals surface area (Å²) in [5.41, 5.74) is 1.16. The third kappa shape index (κ3) is 2.71. The first-order valence-electron chi connectivity index (χ1n) is 7.75. The highest BCUT2D eigenvalue weighted by Gasteiger charge is 2.41. The van der Waals surface area contributed by atoms with E-state index in [-0.39, 0.29) is 24.5 Å². The van der Waals surface area contributed by atoms with Gasteiger partial charge in [-0.3, -0.25) is 9.59 Å². The van der Waals surface area contributed by atoms with Crippen molar-refractivity contribution in [1.29, 1.82) is 0 Å². The molecule has 1 atom stereocenters. The summed E-state index contributed by atoms with van der Waals surface area (Å²) < 4.78 is 6.20. The minimum absolute atomic E-state index is 0.169. The number of amides is 3. The number of benzene rings is 1. The number of hydrogen-bond donors (Lipinski definition) is 0. The zero-order valence-corrected chi connectivity index (χ0v) is 13.1. The van der Waals surface area contributed by atoms with Gasteiger partial charge in [0.15, 0.2) is 6.61 Å². The molecular formula is C15H14N6O4. The lowest BCUT2D eigenvalue weighted by atomic mass is 10.2. The maximum Gasteiger partial charge on any atom is 0.417 e. The van der Waals surface area contributed by atoms with E-state index in [1.807, 2.05) is 0 Å². The summed E-state index contributed by atoms with van der Waals surface area (Å²) in [6.45, 7) is 0.543. The van der Waals surface area contributed by atoms with Crippen LogP contribution in [0, 0.1) is 0 Å². The number of hydrogen-bond acceptors (Lipinski definition) is 7. The second-order valence-corrected chi connectivity index (χ2v) is 5.82. The molecule has 2 aliphatic rings. The van der Waals surface area contributed by atoms with E-state index in [4.69, 9.17) is 4.74 Å². The number of imide groups is 1. The fourth-order valence-corrected chi connectivity index (χ4v) is 3.10. The fraction of sp³-hybridized carbons (Fsp3) is 0.333. The van der Waals surface area contributed by atoms with Crippen molar-refractivity contribution in [3.8, 4) is 5.69 Å². The molecule has 3 heterocycles. The average molecular weight is 342 g/mol. The molecule has 0 radical (unpaired) electrons. The van der Waals surface area contributed by atoms with Gasteiger partial charge in [-0.05, 0) is 35.0 Å². The van der Waals surface area contributed by atoms with Crippen molar-refractivity contribution < 1.29 is 19.1 Å². The Labute approximate surface area is 141 Å². The number of carbonyl (C=O) groups is 3. The molecule has 10 nitrogen and oxygen atoms in total. The molecule has 25 heavy (non-hydrogen) atoms. The van der Waals surface area contributed by atoms with Gasteiger partial charge in [0.1, 0.15) is 6.33 Å². The number of nitrogens with zero attached hydrogens (tertiary/aromatic N) is 6. The van der Waals surface area contributed by atoms with Crippen molar-refractivity contribution in [1.82, 2.24) is 30.0 Å². The molecule has 3 amide bonds. The van der Waals surface area contributed by atoms with E-state index in [2.05, 4.69) is 15.5 Å². The standard InChI is InChI=1S/C15H14N6O4/c22-13-8-25-15(24)21(13)12-4-5-19(7-12)14(23)10-2-1-3-11(6-10)20-9-16-17-18-20/h1-3,6,9,12H,4-5,7-8H2. The van der Waals surface area contributed by atoms with Crippen molar-refractivity contribution in [2.75, 3.05) is 19.7 Å². The zero-order chi connectivity index (χ0) is 17.4. The second kappa shape index (κ2) is 5.96. The molecule has 0 aliphatic carbocycles. The van der Waals surface area contributed by atoms with Gasteiger partial charge in [0.05, 0.1) is 11.7 Å². The van der Waals surface area contributed by atoms with Gasteiger partial charge in [-0.1, -0.05) is 6.07 Å². The second-order valence-electron chi connectivity index (χ2n) is 5.82. The highest BCUT2D eigenvalue weighted by molar-refractivity contribution is 5.99. The normalized spacial score (nSPS) is 20.2. The van der Waals surface area contributed by atoms with Gasteiger partial charge in [0.25, 0.3) is 11.8 Å². The molecule has 0 saturated carbocycles. The number of ether oxygens (including phenoxy) is 1. The van der Waals surface area contributed by atoms with E-state index in [0.29, 0.717) is 30.8 Å². The van der Waals surface area contributed by atoms with Crippen LogP contribution in [0.25, 0.3) is 5.69 Å². The quantitative estimate of drug-likeness (QED) is 0.763. The Kier molecular flexibility index (Phi) is 3.64. The summed E-state index contributed by atoms with van der Waals surface area (Å²) in [5.74, 6) is -0.526. The molecule has 0 spiro atoms. The van der Waals surface area contributed by atoms with Gasteiger partial charge >= 0.3 is 6.09 Å². The summed E-state index contributed by atoms with van der Waals surface area (Å²) in [6, 6.07) is 6.60. The van der Waals surface area contributed by atoms with Crippen LogP contribution in [0.5, 0.6) is 0 Å². The van der Waals surface area contributed by atoms with Gasteiger partial charge in [-0.2, -0.15) is 0 Å². The van der Waals surface area contributed by atoms with Crippen molar-refractivity contribution in [3.63, 3.8) is 0 Å². The first kappa shape index (κ1) is 15.2. The third-order valence-electron chi connectivity index (χ3n) is 4.31. The van der Waals surface area contributed by atoms with Crippen LogP contribution in [-0.4, -0.2) is 73.7 Å². The molecule has 4 rings (SSSR count). The van der Waals surface area contributed by atoms with Crippen LogP contribution in [0.1, 0.15) is 16.8 Å². The fourth-order valence-electron chi connectivity index (χ4n) is 3.10. The Hall–Kier alpha value is -3.30. The summed E-state index contributed by atoms with van der Waals surface area (Å²) in [6.07, 6.45) is 1.35. The first-order chi connectivity index (χ1) is 12.1. The molecule has 1 aromatic heterocycles. The zero-order valence-electron chi connectivity index (χ0n) is 13.1. The van der Waals surface area contributed by atoms with Crippen LogP contribution in [0.2, 0.25) is 0 Å². The molecule has 1 aromatic carbocycles. The molecule has 10 heteroatoms. The molecule has 2 aliphatic heterocycles. The van der Waals surface area contributed by atoms with Crippen molar-refractivity contribution >= 4 is 17.9 Å². The van der Waals surface area contributed by atoms with Crippen molar-refractivity contribution in [2.24, 2.45) is 0 Å². The van der Waals surface area contributed by atoms with Crippen molar-refractivity contribution in [3.05, 3.63) is 36.2 Å². The number of carbonyl (C=O) groups excluding carboxylic acids is 3. The smallest absolute Gasteiger partial charge is 0.417 e. The van der Waals surface area contributed by atoms with Crippen LogP contribution >= 0.6 is 0 Å². The van der Waals surface area contributed by atoms with E-state index in [0.717, 1.165) is 4.90 Å². The van der Waals surface area contributed by atoms with E-state index in [9.17, 15) is 14.4 Å². The van der Waals surface area contributed by atoms with E-state index >= 15 is 0 Å². The molecule has 1 unspecified atom stereocenters. The van der Waals surface area contributed by atoms with E-state index in [1.165, 1.54) is 11.0 Å². The van der Waals surface area contributed by atoms with Crippen molar-refractivity contribution in [2.45, 2.75) is 12.5 Å². The third-order valence-corrected chi connectivity index (χ3v) is 4.31. The molecule has 0 N–H and O–H groups in total. The lowest BCUT2D eigenvalue weighted by Crippen LogP contribution is -2.42. The lowest BCUT2D eigenvalue weighted by Gasteiger charge is -2.20. The minimum atomic E-state index is -0.634. The van der Waals surface area contributed by atoms with Gasteiger partial charge < -0.3 is 9.64 Å². The predicted octanol–water partition coefficient (Wildman–Crippen LogP) is -0.144. The monoisotopic (exact) mass is 342 g/mol. The van der Waals surface area contributed by atoms with E-state index in [1.54, 1.807) is 29.2 Å². The largest absolute Gasteiger partial charge is 0.439 e. The van der Waals surface area contributed by atoms with Crippen LogP contribution in [-0.2, 0) is 9.53 Å². The van der Waals surface area contributed by atoms with Gasteiger partial charge in [-0.15, -0.1) is 5.10 Å². The van der Waals surface area contributed by atoms with Crippen LogP contribution in [0.4, 0.5) is 4.79 Å². The first-order valence-corrected chi connectivity index (χ1v) is 7.75. The Morgan fingerprint density at radius 3 is 2.88 bits per heavy atom. The van der Waals surface area contributed by atoms with E-state index < -0.39 is 6.09 Å². The highest BCUT2D eigenvalue weighted by atomic mass is 16.6. The maximum atomic E-state index is 12.7. The molecule has 2 saturated heterocycles.